The lowest BCUT2D eigenvalue weighted by Gasteiger charge is -2.27. The molecule has 5 nitrogen and oxygen atoms in total. The summed E-state index contributed by atoms with van der Waals surface area (Å²) in [6, 6.07) is 0.245. The van der Waals surface area contributed by atoms with Crippen molar-refractivity contribution in [1.82, 2.24) is 9.55 Å². The second-order valence-corrected chi connectivity index (χ2v) is 4.10. The predicted molar refractivity (Wildman–Crippen MR) is 65.6 cm³/mol. The van der Waals surface area contributed by atoms with Crippen molar-refractivity contribution in [3.8, 4) is 0 Å². The van der Waals surface area contributed by atoms with Crippen LogP contribution in [0.15, 0.2) is 17.2 Å². The molecule has 5 heteroatoms. The molecule has 2 N–H and O–H groups in total. The molecule has 1 heterocycles. The van der Waals surface area contributed by atoms with Crippen LogP contribution in [0.25, 0.3) is 0 Å². The summed E-state index contributed by atoms with van der Waals surface area (Å²) in [7, 11) is 1.73. The lowest BCUT2D eigenvalue weighted by atomic mass is 10.3. The van der Waals surface area contributed by atoms with Crippen LogP contribution in [0.3, 0.4) is 0 Å². The van der Waals surface area contributed by atoms with Crippen LogP contribution in [-0.4, -0.2) is 28.7 Å². The molecule has 0 spiro atoms. The third-order valence-electron chi connectivity index (χ3n) is 2.50. The maximum absolute atomic E-state index is 11.9. The van der Waals surface area contributed by atoms with Crippen molar-refractivity contribution in [2.45, 2.75) is 26.3 Å². The van der Waals surface area contributed by atoms with E-state index in [4.69, 9.17) is 5.73 Å². The first-order chi connectivity index (χ1) is 7.57. The number of hydrogen-bond donors (Lipinski definition) is 1. The molecule has 0 fully saturated rings. The fourth-order valence-electron chi connectivity index (χ4n) is 1.55. The molecule has 90 valence electrons. The van der Waals surface area contributed by atoms with E-state index in [0.29, 0.717) is 12.4 Å². The summed E-state index contributed by atoms with van der Waals surface area (Å²) in [5, 5.41) is 0. The zero-order chi connectivity index (χ0) is 12.1. The van der Waals surface area contributed by atoms with Gasteiger partial charge < -0.3 is 15.2 Å². The van der Waals surface area contributed by atoms with Crippen LogP contribution in [0, 0.1) is 0 Å². The quantitative estimate of drug-likeness (QED) is 0.783. The van der Waals surface area contributed by atoms with Gasteiger partial charge in [-0.05, 0) is 26.8 Å². The molecule has 1 rings (SSSR count). The second kappa shape index (κ2) is 5.65. The van der Waals surface area contributed by atoms with Gasteiger partial charge in [-0.1, -0.05) is 0 Å². The van der Waals surface area contributed by atoms with E-state index < -0.39 is 0 Å². The zero-order valence-electron chi connectivity index (χ0n) is 10.2. The molecule has 0 aliphatic carbocycles. The Labute approximate surface area is 95.9 Å². The summed E-state index contributed by atoms with van der Waals surface area (Å²) < 4.78 is 1.54. The molecule has 0 aromatic carbocycles. The van der Waals surface area contributed by atoms with Gasteiger partial charge in [-0.25, -0.2) is 4.98 Å². The molecule has 0 aliphatic heterocycles. The molecule has 0 amide bonds. The topological polar surface area (TPSA) is 64.2 Å². The number of rotatable bonds is 5. The smallest absolute Gasteiger partial charge is 0.293 e. The molecule has 0 bridgehead atoms. The summed E-state index contributed by atoms with van der Waals surface area (Å²) in [4.78, 5) is 18.1. The van der Waals surface area contributed by atoms with Crippen molar-refractivity contribution in [2.24, 2.45) is 12.8 Å². The molecular formula is C11H20N4O. The van der Waals surface area contributed by atoms with Gasteiger partial charge in [0.25, 0.3) is 5.56 Å². The molecule has 16 heavy (non-hydrogen) atoms. The van der Waals surface area contributed by atoms with E-state index in [1.165, 1.54) is 0 Å². The number of hydrogen-bond acceptors (Lipinski definition) is 4. The number of aromatic nitrogens is 2. The molecule has 0 saturated carbocycles. The van der Waals surface area contributed by atoms with Crippen LogP contribution in [-0.2, 0) is 7.05 Å². The summed E-state index contributed by atoms with van der Waals surface area (Å²) in [6.45, 7) is 5.48. The molecule has 0 atom stereocenters. The van der Waals surface area contributed by atoms with Crippen LogP contribution in [0.2, 0.25) is 0 Å². The standard InChI is InChI=1S/C11H20N4O/c1-9(2)15(7-4-5-12)10-11(16)14(3)8-6-13-10/h6,8-9H,4-5,7,12H2,1-3H3. The number of aryl methyl sites for hydroxylation is 1. The zero-order valence-corrected chi connectivity index (χ0v) is 10.2. The first-order valence-corrected chi connectivity index (χ1v) is 5.56. The van der Waals surface area contributed by atoms with E-state index in [0.717, 1.165) is 13.0 Å². The minimum Gasteiger partial charge on any atom is -0.350 e. The van der Waals surface area contributed by atoms with Crippen LogP contribution in [0.1, 0.15) is 20.3 Å². The first kappa shape index (κ1) is 12.7. The van der Waals surface area contributed by atoms with E-state index in [9.17, 15) is 4.79 Å². The van der Waals surface area contributed by atoms with E-state index >= 15 is 0 Å². The van der Waals surface area contributed by atoms with E-state index in [2.05, 4.69) is 4.98 Å². The fraction of sp³-hybridized carbons (Fsp3) is 0.636. The Morgan fingerprint density at radius 1 is 1.56 bits per heavy atom. The van der Waals surface area contributed by atoms with Gasteiger partial charge in [0, 0.05) is 32.0 Å². The molecular weight excluding hydrogens is 204 g/mol. The third-order valence-corrected chi connectivity index (χ3v) is 2.50. The van der Waals surface area contributed by atoms with Crippen molar-refractivity contribution in [1.29, 1.82) is 0 Å². The maximum atomic E-state index is 11.9. The van der Waals surface area contributed by atoms with Crippen molar-refractivity contribution in [3.05, 3.63) is 22.7 Å². The summed E-state index contributed by atoms with van der Waals surface area (Å²) in [5.41, 5.74) is 5.43. The van der Waals surface area contributed by atoms with Gasteiger partial charge in [-0.3, -0.25) is 4.79 Å². The maximum Gasteiger partial charge on any atom is 0.293 e. The van der Waals surface area contributed by atoms with Gasteiger partial charge in [0.05, 0.1) is 0 Å². The van der Waals surface area contributed by atoms with Crippen LogP contribution >= 0.6 is 0 Å². The second-order valence-electron chi connectivity index (χ2n) is 4.10. The first-order valence-electron chi connectivity index (χ1n) is 5.56. The highest BCUT2D eigenvalue weighted by Gasteiger charge is 2.15. The highest BCUT2D eigenvalue weighted by Crippen LogP contribution is 2.08. The van der Waals surface area contributed by atoms with Crippen molar-refractivity contribution < 1.29 is 0 Å². The van der Waals surface area contributed by atoms with Gasteiger partial charge >= 0.3 is 0 Å². The number of nitrogens with zero attached hydrogens (tertiary/aromatic N) is 3. The number of anilines is 1. The highest BCUT2D eigenvalue weighted by atomic mass is 16.1. The average Bonchev–Trinajstić information content (AvgIpc) is 2.24. The summed E-state index contributed by atoms with van der Waals surface area (Å²) >= 11 is 0. The van der Waals surface area contributed by atoms with Gasteiger partial charge in [0.1, 0.15) is 0 Å². The highest BCUT2D eigenvalue weighted by molar-refractivity contribution is 5.36. The van der Waals surface area contributed by atoms with E-state index in [1.807, 2.05) is 18.7 Å². The Hall–Kier alpha value is -1.36. The molecule has 1 aromatic rings. The fourth-order valence-corrected chi connectivity index (χ4v) is 1.55. The molecule has 1 aromatic heterocycles. The summed E-state index contributed by atoms with van der Waals surface area (Å²) in [5.74, 6) is 0.508. The van der Waals surface area contributed by atoms with Crippen molar-refractivity contribution in [2.75, 3.05) is 18.0 Å². The monoisotopic (exact) mass is 224 g/mol. The minimum absolute atomic E-state index is 0.0618. The largest absolute Gasteiger partial charge is 0.350 e. The van der Waals surface area contributed by atoms with Crippen molar-refractivity contribution in [3.63, 3.8) is 0 Å². The van der Waals surface area contributed by atoms with Gasteiger partial charge in [-0.2, -0.15) is 0 Å². The molecule has 0 aliphatic rings. The molecule has 0 unspecified atom stereocenters. The molecule has 0 saturated heterocycles. The van der Waals surface area contributed by atoms with Crippen molar-refractivity contribution >= 4 is 5.82 Å². The van der Waals surface area contributed by atoms with Gasteiger partial charge in [0.15, 0.2) is 5.82 Å². The van der Waals surface area contributed by atoms with E-state index in [-0.39, 0.29) is 11.6 Å². The van der Waals surface area contributed by atoms with Crippen LogP contribution in [0.4, 0.5) is 5.82 Å². The predicted octanol–water partition coefficient (Wildman–Crippen LogP) is 0.344. The lowest BCUT2D eigenvalue weighted by Crippen LogP contribution is -2.38. The summed E-state index contributed by atoms with van der Waals surface area (Å²) in [6.07, 6.45) is 4.17. The van der Waals surface area contributed by atoms with Gasteiger partial charge in [-0.15, -0.1) is 0 Å². The lowest BCUT2D eigenvalue weighted by molar-refractivity contribution is 0.638. The SMILES string of the molecule is CC(C)N(CCCN)c1nccn(C)c1=O. The average molecular weight is 224 g/mol. The Kier molecular flexibility index (Phi) is 4.49. The van der Waals surface area contributed by atoms with E-state index in [1.54, 1.807) is 24.0 Å². The van der Waals surface area contributed by atoms with Crippen LogP contribution in [0.5, 0.6) is 0 Å². The Balaban J connectivity index is 3.01. The number of nitrogens with two attached hydrogens (primary N) is 1. The Bertz CT molecular complexity index is 386. The Morgan fingerprint density at radius 3 is 2.81 bits per heavy atom. The normalized spacial score (nSPS) is 10.8. The van der Waals surface area contributed by atoms with Gasteiger partial charge in [0.2, 0.25) is 0 Å². The molecule has 0 radical (unpaired) electrons. The third kappa shape index (κ3) is 2.82. The Morgan fingerprint density at radius 2 is 2.25 bits per heavy atom. The minimum atomic E-state index is -0.0618. The van der Waals surface area contributed by atoms with Crippen LogP contribution < -0.4 is 16.2 Å².